The van der Waals surface area contributed by atoms with Gasteiger partial charge >= 0.3 is 5.97 Å². The van der Waals surface area contributed by atoms with Crippen LogP contribution < -0.4 is 4.74 Å². The third kappa shape index (κ3) is 3.16. The van der Waals surface area contributed by atoms with Crippen LogP contribution in [0, 0.1) is 13.8 Å². The fourth-order valence-corrected chi connectivity index (χ4v) is 2.87. The summed E-state index contributed by atoms with van der Waals surface area (Å²) in [5.74, 6) is -0.159. The van der Waals surface area contributed by atoms with Crippen LogP contribution in [0.25, 0.3) is 0 Å². The van der Waals surface area contributed by atoms with Gasteiger partial charge in [-0.05, 0) is 37.6 Å². The molecule has 2 rings (SSSR count). The first-order chi connectivity index (χ1) is 9.38. The average molecular weight is 360 g/mol. The van der Waals surface area contributed by atoms with E-state index in [4.69, 9.17) is 25.9 Å². The molecule has 0 aliphatic heterocycles. The van der Waals surface area contributed by atoms with E-state index in [1.165, 1.54) is 0 Å². The highest BCUT2D eigenvalue weighted by molar-refractivity contribution is 9.10. The largest absolute Gasteiger partial charge is 0.484 e. The van der Waals surface area contributed by atoms with E-state index in [9.17, 15) is 4.79 Å². The quantitative estimate of drug-likeness (QED) is 0.867. The first-order valence-electron chi connectivity index (χ1n) is 5.79. The Morgan fingerprint density at radius 1 is 1.35 bits per heavy atom. The SMILES string of the molecule is Cc1cc(COc2c(C)cc(Br)cc2Cl)oc1C(=O)O. The fourth-order valence-electron chi connectivity index (χ4n) is 1.85. The molecular weight excluding hydrogens is 348 g/mol. The van der Waals surface area contributed by atoms with Crippen LogP contribution in [0.1, 0.15) is 27.4 Å². The van der Waals surface area contributed by atoms with Crippen molar-refractivity contribution in [3.63, 3.8) is 0 Å². The van der Waals surface area contributed by atoms with Gasteiger partial charge in [-0.15, -0.1) is 0 Å². The Morgan fingerprint density at radius 2 is 2.05 bits per heavy atom. The monoisotopic (exact) mass is 358 g/mol. The average Bonchev–Trinajstić information content (AvgIpc) is 2.69. The van der Waals surface area contributed by atoms with E-state index in [0.29, 0.717) is 22.1 Å². The first kappa shape index (κ1) is 14.9. The second-order valence-electron chi connectivity index (χ2n) is 4.35. The van der Waals surface area contributed by atoms with Crippen molar-refractivity contribution in [2.45, 2.75) is 20.5 Å². The highest BCUT2D eigenvalue weighted by Gasteiger charge is 2.15. The van der Waals surface area contributed by atoms with Crippen LogP contribution in [0.2, 0.25) is 5.02 Å². The van der Waals surface area contributed by atoms with Gasteiger partial charge in [0.05, 0.1) is 5.02 Å². The number of aromatic carboxylic acids is 1. The van der Waals surface area contributed by atoms with Crippen molar-refractivity contribution in [3.8, 4) is 5.75 Å². The number of carboxylic acids is 1. The third-order valence-electron chi connectivity index (χ3n) is 2.72. The molecule has 106 valence electrons. The molecule has 1 aromatic carbocycles. The van der Waals surface area contributed by atoms with Crippen molar-refractivity contribution in [2.24, 2.45) is 0 Å². The Kier molecular flexibility index (Phi) is 4.40. The molecule has 0 fully saturated rings. The maximum atomic E-state index is 10.9. The van der Waals surface area contributed by atoms with Crippen LogP contribution in [0.4, 0.5) is 0 Å². The Hall–Kier alpha value is -1.46. The summed E-state index contributed by atoms with van der Waals surface area (Å²) in [6, 6.07) is 5.27. The van der Waals surface area contributed by atoms with Crippen molar-refractivity contribution in [3.05, 3.63) is 50.3 Å². The molecule has 0 radical (unpaired) electrons. The molecule has 6 heteroatoms. The van der Waals surface area contributed by atoms with Gasteiger partial charge in [0.2, 0.25) is 5.76 Å². The maximum Gasteiger partial charge on any atom is 0.372 e. The van der Waals surface area contributed by atoms with Gasteiger partial charge in [-0.25, -0.2) is 4.79 Å². The zero-order valence-corrected chi connectivity index (χ0v) is 13.2. The van der Waals surface area contributed by atoms with E-state index in [1.54, 1.807) is 19.1 Å². The molecule has 0 aliphatic carbocycles. The number of halogens is 2. The Morgan fingerprint density at radius 3 is 2.60 bits per heavy atom. The normalized spacial score (nSPS) is 10.6. The topological polar surface area (TPSA) is 59.7 Å². The summed E-state index contributed by atoms with van der Waals surface area (Å²) in [5, 5.41) is 9.41. The first-order valence-corrected chi connectivity index (χ1v) is 6.96. The number of benzene rings is 1. The van der Waals surface area contributed by atoms with Gasteiger partial charge in [-0.2, -0.15) is 0 Å². The number of hydrogen-bond acceptors (Lipinski definition) is 3. The van der Waals surface area contributed by atoms with E-state index >= 15 is 0 Å². The van der Waals surface area contributed by atoms with E-state index in [1.807, 2.05) is 13.0 Å². The minimum absolute atomic E-state index is 0.0674. The maximum absolute atomic E-state index is 10.9. The molecule has 0 bridgehead atoms. The van der Waals surface area contributed by atoms with Gasteiger partial charge in [-0.1, -0.05) is 27.5 Å². The molecule has 4 nitrogen and oxygen atoms in total. The molecule has 2 aromatic rings. The van der Waals surface area contributed by atoms with Crippen molar-refractivity contribution >= 4 is 33.5 Å². The van der Waals surface area contributed by atoms with Gasteiger partial charge in [0.15, 0.2) is 0 Å². The zero-order valence-electron chi connectivity index (χ0n) is 10.9. The van der Waals surface area contributed by atoms with Crippen LogP contribution in [0.15, 0.2) is 27.1 Å². The predicted octanol–water partition coefficient (Wildman–Crippen LogP) is 4.59. The minimum Gasteiger partial charge on any atom is -0.484 e. The molecule has 0 amide bonds. The summed E-state index contributed by atoms with van der Waals surface area (Å²) < 4.78 is 11.7. The number of aryl methyl sites for hydroxylation is 2. The highest BCUT2D eigenvalue weighted by atomic mass is 79.9. The number of carbonyl (C=O) groups is 1. The fraction of sp³-hybridized carbons (Fsp3) is 0.214. The summed E-state index contributed by atoms with van der Waals surface area (Å²) in [6.45, 7) is 3.67. The van der Waals surface area contributed by atoms with Crippen LogP contribution in [-0.2, 0) is 6.61 Å². The lowest BCUT2D eigenvalue weighted by Crippen LogP contribution is -1.97. The zero-order chi connectivity index (χ0) is 14.9. The Balaban J connectivity index is 2.17. The molecule has 0 saturated heterocycles. The number of carboxylic acid groups (broad SMARTS) is 1. The molecular formula is C14H12BrClO4. The van der Waals surface area contributed by atoms with E-state index < -0.39 is 5.97 Å². The Bertz CT molecular complexity index is 640. The van der Waals surface area contributed by atoms with Gasteiger partial charge < -0.3 is 14.3 Å². The van der Waals surface area contributed by atoms with Crippen molar-refractivity contribution in [1.29, 1.82) is 0 Å². The van der Waals surface area contributed by atoms with E-state index in [0.717, 1.165) is 10.0 Å². The third-order valence-corrected chi connectivity index (χ3v) is 3.45. The lowest BCUT2D eigenvalue weighted by Gasteiger charge is -2.10. The molecule has 0 atom stereocenters. The molecule has 1 N–H and O–H groups in total. The minimum atomic E-state index is -1.09. The summed E-state index contributed by atoms with van der Waals surface area (Å²) in [7, 11) is 0. The number of ether oxygens (including phenoxy) is 1. The van der Waals surface area contributed by atoms with Gasteiger partial charge in [0, 0.05) is 10.0 Å². The lowest BCUT2D eigenvalue weighted by atomic mass is 10.2. The molecule has 20 heavy (non-hydrogen) atoms. The highest BCUT2D eigenvalue weighted by Crippen LogP contribution is 2.32. The van der Waals surface area contributed by atoms with Gasteiger partial charge in [0.1, 0.15) is 18.1 Å². The molecule has 1 aromatic heterocycles. The summed E-state index contributed by atoms with van der Waals surface area (Å²) >= 11 is 9.46. The van der Waals surface area contributed by atoms with E-state index in [-0.39, 0.29) is 12.4 Å². The second kappa shape index (κ2) is 5.89. The summed E-state index contributed by atoms with van der Waals surface area (Å²) in [4.78, 5) is 10.9. The second-order valence-corrected chi connectivity index (χ2v) is 5.68. The summed E-state index contributed by atoms with van der Waals surface area (Å²) in [6.07, 6.45) is 0. The number of hydrogen-bond donors (Lipinski definition) is 1. The van der Waals surface area contributed by atoms with Crippen LogP contribution >= 0.6 is 27.5 Å². The number of furan rings is 1. The molecule has 1 heterocycles. The van der Waals surface area contributed by atoms with Gasteiger partial charge in [0.25, 0.3) is 0 Å². The standard InChI is InChI=1S/C14H12BrClO4/c1-7-3-9(15)5-11(16)12(7)19-6-10-4-8(2)13(20-10)14(17)18/h3-5H,6H2,1-2H3,(H,17,18). The molecule has 0 spiro atoms. The van der Waals surface area contributed by atoms with Crippen LogP contribution in [-0.4, -0.2) is 11.1 Å². The Labute approximate surface area is 129 Å². The van der Waals surface area contributed by atoms with E-state index in [2.05, 4.69) is 15.9 Å². The van der Waals surface area contributed by atoms with Gasteiger partial charge in [-0.3, -0.25) is 0 Å². The molecule has 0 saturated carbocycles. The molecule has 0 aliphatic rings. The number of rotatable bonds is 4. The van der Waals surface area contributed by atoms with Crippen LogP contribution in [0.3, 0.4) is 0 Å². The van der Waals surface area contributed by atoms with Crippen molar-refractivity contribution in [1.82, 2.24) is 0 Å². The van der Waals surface area contributed by atoms with Crippen molar-refractivity contribution < 1.29 is 19.1 Å². The predicted molar refractivity (Wildman–Crippen MR) is 78.6 cm³/mol. The lowest BCUT2D eigenvalue weighted by molar-refractivity contribution is 0.0657. The van der Waals surface area contributed by atoms with Crippen LogP contribution in [0.5, 0.6) is 5.75 Å². The molecule has 0 unspecified atom stereocenters. The summed E-state index contributed by atoms with van der Waals surface area (Å²) in [5.41, 5.74) is 1.45. The smallest absolute Gasteiger partial charge is 0.372 e. The van der Waals surface area contributed by atoms with Crippen molar-refractivity contribution in [2.75, 3.05) is 0 Å².